The van der Waals surface area contributed by atoms with E-state index in [2.05, 4.69) is 10.3 Å². The number of oxazole rings is 1. The first-order valence-electron chi connectivity index (χ1n) is 7.44. The summed E-state index contributed by atoms with van der Waals surface area (Å²) >= 11 is 0. The Morgan fingerprint density at radius 2 is 2.12 bits per heavy atom. The monoisotopic (exact) mass is 325 g/mol. The molecule has 0 saturated carbocycles. The quantitative estimate of drug-likeness (QED) is 0.580. The summed E-state index contributed by atoms with van der Waals surface area (Å²) in [6.07, 6.45) is 0.684. The fourth-order valence-electron chi connectivity index (χ4n) is 2.47. The van der Waals surface area contributed by atoms with Crippen molar-refractivity contribution in [3.63, 3.8) is 0 Å². The number of nitrogens with zero attached hydrogens (tertiary/aromatic N) is 2. The topological polar surface area (TPSA) is 98.3 Å². The Morgan fingerprint density at radius 3 is 2.83 bits per heavy atom. The Labute approximate surface area is 137 Å². The normalized spacial score (nSPS) is 10.8. The van der Waals surface area contributed by atoms with Gasteiger partial charge in [-0.3, -0.25) is 14.9 Å². The van der Waals surface area contributed by atoms with Crippen LogP contribution in [0.2, 0.25) is 0 Å². The highest BCUT2D eigenvalue weighted by Gasteiger charge is 2.18. The van der Waals surface area contributed by atoms with Crippen LogP contribution in [0.4, 0.5) is 11.4 Å². The first-order valence-corrected chi connectivity index (χ1v) is 7.44. The van der Waals surface area contributed by atoms with Gasteiger partial charge in [0.1, 0.15) is 5.52 Å². The number of fused-ring (bicyclic) bond motifs is 1. The number of rotatable bonds is 4. The number of hydrogen-bond donors (Lipinski definition) is 1. The molecule has 2 aromatic carbocycles. The maximum atomic E-state index is 12.4. The van der Waals surface area contributed by atoms with Crippen molar-refractivity contribution in [1.82, 2.24) is 4.98 Å². The molecule has 1 aromatic heterocycles. The van der Waals surface area contributed by atoms with Gasteiger partial charge in [0, 0.05) is 29.3 Å². The van der Waals surface area contributed by atoms with Crippen LogP contribution in [0, 0.1) is 17.0 Å². The minimum Gasteiger partial charge on any atom is -0.441 e. The lowest BCUT2D eigenvalue weighted by Crippen LogP contribution is -2.14. The lowest BCUT2D eigenvalue weighted by Gasteiger charge is -2.07. The minimum atomic E-state index is -0.500. The number of hydrogen-bond acceptors (Lipinski definition) is 5. The molecule has 1 N–H and O–H groups in total. The zero-order valence-corrected chi connectivity index (χ0v) is 13.2. The van der Waals surface area contributed by atoms with Crippen molar-refractivity contribution in [2.45, 2.75) is 20.3 Å². The lowest BCUT2D eigenvalue weighted by atomic mass is 10.1. The Morgan fingerprint density at radius 1 is 1.33 bits per heavy atom. The largest absolute Gasteiger partial charge is 0.441 e. The van der Waals surface area contributed by atoms with E-state index in [0.29, 0.717) is 34.7 Å². The predicted octanol–water partition coefficient (Wildman–Crippen LogP) is 3.86. The van der Waals surface area contributed by atoms with E-state index in [1.807, 2.05) is 6.92 Å². The Bertz CT molecular complexity index is 946. The molecule has 1 heterocycles. The van der Waals surface area contributed by atoms with Gasteiger partial charge in [0.05, 0.1) is 4.92 Å². The second-order valence-electron chi connectivity index (χ2n) is 5.30. The van der Waals surface area contributed by atoms with Crippen molar-refractivity contribution >= 4 is 28.4 Å². The fraction of sp³-hybridized carbons (Fsp3) is 0.176. The zero-order valence-electron chi connectivity index (χ0n) is 13.2. The third-order valence-corrected chi connectivity index (χ3v) is 3.74. The number of carbonyl (C=O) groups is 1. The van der Waals surface area contributed by atoms with Gasteiger partial charge in [-0.1, -0.05) is 13.0 Å². The molecule has 3 rings (SSSR count). The highest BCUT2D eigenvalue weighted by Crippen LogP contribution is 2.24. The molecule has 0 unspecified atom stereocenters. The van der Waals surface area contributed by atoms with Gasteiger partial charge in [-0.2, -0.15) is 0 Å². The van der Waals surface area contributed by atoms with Crippen LogP contribution >= 0.6 is 0 Å². The summed E-state index contributed by atoms with van der Waals surface area (Å²) in [4.78, 5) is 27.2. The third kappa shape index (κ3) is 2.83. The van der Waals surface area contributed by atoms with Crippen LogP contribution in [0.3, 0.4) is 0 Å². The van der Waals surface area contributed by atoms with Crippen LogP contribution < -0.4 is 5.32 Å². The molecule has 3 aromatic rings. The van der Waals surface area contributed by atoms with Gasteiger partial charge in [0.2, 0.25) is 0 Å². The first kappa shape index (κ1) is 15.7. The number of nitro groups is 1. The van der Waals surface area contributed by atoms with Crippen LogP contribution in [0.15, 0.2) is 40.8 Å². The average molecular weight is 325 g/mol. The molecule has 7 nitrogen and oxygen atoms in total. The second-order valence-corrected chi connectivity index (χ2v) is 5.30. The summed E-state index contributed by atoms with van der Waals surface area (Å²) in [5.41, 5.74) is 2.36. The predicted molar refractivity (Wildman–Crippen MR) is 89.2 cm³/mol. The molecule has 0 saturated heterocycles. The number of amides is 1. The van der Waals surface area contributed by atoms with Crippen molar-refractivity contribution in [3.8, 4) is 0 Å². The van der Waals surface area contributed by atoms with E-state index in [0.717, 1.165) is 0 Å². The number of nitro benzene ring substituents is 1. The molecule has 0 aliphatic rings. The number of benzene rings is 2. The van der Waals surface area contributed by atoms with Gasteiger partial charge in [-0.15, -0.1) is 0 Å². The second kappa shape index (κ2) is 6.11. The number of anilines is 1. The molecule has 0 fully saturated rings. The molecule has 1 amide bonds. The van der Waals surface area contributed by atoms with E-state index in [-0.39, 0.29) is 11.3 Å². The average Bonchev–Trinajstić information content (AvgIpc) is 2.97. The number of carbonyl (C=O) groups excluding carboxylic acids is 1. The summed E-state index contributed by atoms with van der Waals surface area (Å²) in [6.45, 7) is 3.50. The van der Waals surface area contributed by atoms with Crippen LogP contribution in [-0.2, 0) is 6.42 Å². The Balaban J connectivity index is 1.89. The van der Waals surface area contributed by atoms with Crippen molar-refractivity contribution in [3.05, 3.63) is 63.5 Å². The standard InChI is InChI=1S/C17H15N3O4/c1-3-16-19-13-9-11(7-8-15(13)24-16)18-17(21)12-5-4-6-14(10(12)2)20(22)23/h4-9H,3H2,1-2H3,(H,18,21). The van der Waals surface area contributed by atoms with E-state index in [1.54, 1.807) is 31.2 Å². The van der Waals surface area contributed by atoms with Crippen LogP contribution in [-0.4, -0.2) is 15.8 Å². The van der Waals surface area contributed by atoms with Gasteiger partial charge in [-0.25, -0.2) is 4.98 Å². The third-order valence-electron chi connectivity index (χ3n) is 3.74. The zero-order chi connectivity index (χ0) is 17.3. The van der Waals surface area contributed by atoms with Crippen molar-refractivity contribution in [2.75, 3.05) is 5.32 Å². The molecule has 24 heavy (non-hydrogen) atoms. The summed E-state index contributed by atoms with van der Waals surface area (Å²) < 4.78 is 5.52. The van der Waals surface area contributed by atoms with Crippen molar-refractivity contribution in [1.29, 1.82) is 0 Å². The molecular weight excluding hydrogens is 310 g/mol. The molecule has 0 radical (unpaired) electrons. The highest BCUT2D eigenvalue weighted by atomic mass is 16.6. The molecule has 0 spiro atoms. The molecule has 0 aliphatic heterocycles. The molecule has 0 aliphatic carbocycles. The van der Waals surface area contributed by atoms with E-state index < -0.39 is 10.8 Å². The summed E-state index contributed by atoms with van der Waals surface area (Å²) in [7, 11) is 0. The number of aromatic nitrogens is 1. The summed E-state index contributed by atoms with van der Waals surface area (Å²) in [6, 6.07) is 9.58. The Kier molecular flexibility index (Phi) is 3.99. The number of aryl methyl sites for hydroxylation is 1. The maximum Gasteiger partial charge on any atom is 0.273 e. The van der Waals surface area contributed by atoms with Gasteiger partial charge >= 0.3 is 0 Å². The van der Waals surface area contributed by atoms with Gasteiger partial charge < -0.3 is 9.73 Å². The lowest BCUT2D eigenvalue weighted by molar-refractivity contribution is -0.385. The van der Waals surface area contributed by atoms with Crippen LogP contribution in [0.5, 0.6) is 0 Å². The van der Waals surface area contributed by atoms with Gasteiger partial charge in [-0.05, 0) is 31.2 Å². The highest BCUT2D eigenvalue weighted by molar-refractivity contribution is 6.06. The van der Waals surface area contributed by atoms with E-state index in [1.165, 1.54) is 12.1 Å². The van der Waals surface area contributed by atoms with E-state index >= 15 is 0 Å². The minimum absolute atomic E-state index is 0.0813. The van der Waals surface area contributed by atoms with Gasteiger partial charge in [0.15, 0.2) is 11.5 Å². The van der Waals surface area contributed by atoms with Gasteiger partial charge in [0.25, 0.3) is 11.6 Å². The summed E-state index contributed by atoms with van der Waals surface area (Å²) in [5.74, 6) is 0.220. The maximum absolute atomic E-state index is 12.4. The first-order chi connectivity index (χ1) is 11.5. The number of nitrogens with one attached hydrogen (secondary N) is 1. The van der Waals surface area contributed by atoms with Crippen LogP contribution in [0.25, 0.3) is 11.1 Å². The summed E-state index contributed by atoms with van der Waals surface area (Å²) in [5, 5.41) is 13.7. The molecular formula is C17H15N3O4. The van der Waals surface area contributed by atoms with Crippen molar-refractivity contribution in [2.24, 2.45) is 0 Å². The SMILES string of the molecule is CCc1nc2cc(NC(=O)c3cccc([N+](=O)[O-])c3C)ccc2o1. The molecule has 0 atom stereocenters. The van der Waals surface area contributed by atoms with E-state index in [4.69, 9.17) is 4.42 Å². The van der Waals surface area contributed by atoms with E-state index in [9.17, 15) is 14.9 Å². The molecule has 122 valence electrons. The Hall–Kier alpha value is -3.22. The molecule has 0 bridgehead atoms. The van der Waals surface area contributed by atoms with Crippen LogP contribution in [0.1, 0.15) is 28.7 Å². The fourth-order valence-corrected chi connectivity index (χ4v) is 2.47. The molecule has 7 heteroatoms. The van der Waals surface area contributed by atoms with Crippen molar-refractivity contribution < 1.29 is 14.1 Å². The smallest absolute Gasteiger partial charge is 0.273 e.